The first kappa shape index (κ1) is 19.0. The van der Waals surface area contributed by atoms with Gasteiger partial charge in [0.25, 0.3) is 0 Å². The third-order valence-electron chi connectivity index (χ3n) is 5.00. The predicted octanol–water partition coefficient (Wildman–Crippen LogP) is 3.73. The van der Waals surface area contributed by atoms with Gasteiger partial charge in [0.1, 0.15) is 0 Å². The van der Waals surface area contributed by atoms with E-state index in [1.807, 2.05) is 53.5 Å². The molecule has 0 unspecified atom stereocenters. The van der Waals surface area contributed by atoms with Crippen molar-refractivity contribution in [1.29, 1.82) is 0 Å². The van der Waals surface area contributed by atoms with Gasteiger partial charge in [-0.15, -0.1) is 5.10 Å². The Morgan fingerprint density at radius 2 is 1.52 bits per heavy atom. The van der Waals surface area contributed by atoms with E-state index >= 15 is 0 Å². The van der Waals surface area contributed by atoms with Crippen molar-refractivity contribution >= 4 is 0 Å². The van der Waals surface area contributed by atoms with Crippen LogP contribution >= 0.6 is 0 Å². The maximum atomic E-state index is 4.44. The van der Waals surface area contributed by atoms with Crippen LogP contribution in [0.1, 0.15) is 35.5 Å². The maximum absolute atomic E-state index is 4.44. The first-order valence-electron chi connectivity index (χ1n) is 9.83. The van der Waals surface area contributed by atoms with Crippen molar-refractivity contribution in [3.63, 3.8) is 0 Å². The van der Waals surface area contributed by atoms with Gasteiger partial charge >= 0.3 is 0 Å². The number of nitrogens with zero attached hydrogens (tertiary/aromatic N) is 6. The number of pyridine rings is 1. The normalized spacial score (nSPS) is 12.2. The molecule has 0 saturated heterocycles. The molecule has 6 heteroatoms. The van der Waals surface area contributed by atoms with Crippen LogP contribution in [0.5, 0.6) is 0 Å². The van der Waals surface area contributed by atoms with Crippen LogP contribution in [0.3, 0.4) is 0 Å². The van der Waals surface area contributed by atoms with Gasteiger partial charge in [0, 0.05) is 18.9 Å². The van der Waals surface area contributed by atoms with E-state index in [9.17, 15) is 0 Å². The second kappa shape index (κ2) is 9.21. The lowest BCUT2D eigenvalue weighted by Crippen LogP contribution is -2.31. The maximum Gasteiger partial charge on any atom is 0.173 e. The molecule has 0 radical (unpaired) electrons. The highest BCUT2D eigenvalue weighted by molar-refractivity contribution is 5.24. The van der Waals surface area contributed by atoms with Crippen molar-refractivity contribution in [2.45, 2.75) is 26.1 Å². The zero-order chi connectivity index (χ0) is 19.9. The van der Waals surface area contributed by atoms with Crippen LogP contribution in [0.4, 0.5) is 0 Å². The quantitative estimate of drug-likeness (QED) is 0.463. The van der Waals surface area contributed by atoms with Gasteiger partial charge in [0.2, 0.25) is 0 Å². The molecule has 4 rings (SSSR count). The van der Waals surface area contributed by atoms with Crippen LogP contribution in [0.2, 0.25) is 0 Å². The summed E-state index contributed by atoms with van der Waals surface area (Å²) >= 11 is 0. The van der Waals surface area contributed by atoms with Crippen molar-refractivity contribution in [1.82, 2.24) is 30.1 Å². The van der Waals surface area contributed by atoms with Crippen molar-refractivity contribution in [2.75, 3.05) is 6.54 Å². The van der Waals surface area contributed by atoms with Crippen molar-refractivity contribution in [3.05, 3.63) is 108 Å². The molecule has 2 aromatic heterocycles. The molecule has 0 aliphatic heterocycles. The average molecular weight is 384 g/mol. The summed E-state index contributed by atoms with van der Waals surface area (Å²) in [5.74, 6) is 0.831. The molecule has 6 nitrogen and oxygen atoms in total. The minimum atomic E-state index is -0.0677. The van der Waals surface area contributed by atoms with Crippen molar-refractivity contribution < 1.29 is 0 Å². The van der Waals surface area contributed by atoms with Gasteiger partial charge < -0.3 is 0 Å². The van der Waals surface area contributed by atoms with Crippen LogP contribution in [0.15, 0.2) is 85.2 Å². The molecule has 4 aromatic rings. The van der Waals surface area contributed by atoms with Crippen LogP contribution in [-0.2, 0) is 13.1 Å². The number of hydrogen-bond donors (Lipinski definition) is 0. The molecule has 29 heavy (non-hydrogen) atoms. The van der Waals surface area contributed by atoms with Gasteiger partial charge in [-0.25, -0.2) is 4.68 Å². The lowest BCUT2D eigenvalue weighted by atomic mass is 10.0. The largest absolute Gasteiger partial charge is 0.286 e. The third-order valence-corrected chi connectivity index (χ3v) is 5.00. The average Bonchev–Trinajstić information content (AvgIpc) is 3.23. The van der Waals surface area contributed by atoms with Gasteiger partial charge in [0.15, 0.2) is 5.82 Å². The fraction of sp³-hybridized carbons (Fsp3) is 0.217. The molecule has 0 spiro atoms. The first-order chi connectivity index (χ1) is 14.3. The summed E-state index contributed by atoms with van der Waals surface area (Å²) in [6, 6.07) is 24.8. The first-order valence-corrected chi connectivity index (χ1v) is 9.83. The smallest absolute Gasteiger partial charge is 0.173 e. The van der Waals surface area contributed by atoms with Crippen LogP contribution in [0.25, 0.3) is 0 Å². The molecule has 0 N–H and O–H groups in total. The number of benzene rings is 2. The Morgan fingerprint density at radius 1 is 0.862 bits per heavy atom. The Balaban J connectivity index is 1.71. The topological polar surface area (TPSA) is 59.7 Å². The van der Waals surface area contributed by atoms with E-state index in [2.05, 4.69) is 68.7 Å². The third kappa shape index (κ3) is 4.55. The number of aromatic nitrogens is 5. The lowest BCUT2D eigenvalue weighted by Gasteiger charge is -2.30. The molecule has 0 saturated carbocycles. The number of rotatable bonds is 8. The van der Waals surface area contributed by atoms with Crippen LogP contribution in [0, 0.1) is 0 Å². The van der Waals surface area contributed by atoms with E-state index in [4.69, 9.17) is 0 Å². The van der Waals surface area contributed by atoms with Crippen LogP contribution in [-0.4, -0.2) is 36.6 Å². The molecule has 0 fully saturated rings. The summed E-state index contributed by atoms with van der Waals surface area (Å²) in [5, 5.41) is 12.7. The fourth-order valence-corrected chi connectivity index (χ4v) is 3.55. The molecule has 0 amide bonds. The minimum Gasteiger partial charge on any atom is -0.286 e. The molecule has 0 bridgehead atoms. The van der Waals surface area contributed by atoms with Gasteiger partial charge in [-0.2, -0.15) is 0 Å². The lowest BCUT2D eigenvalue weighted by molar-refractivity contribution is 0.215. The van der Waals surface area contributed by atoms with E-state index in [0.717, 1.165) is 24.5 Å². The van der Waals surface area contributed by atoms with E-state index < -0.39 is 0 Å². The Kier molecular flexibility index (Phi) is 6.02. The Bertz CT molecular complexity index is 1000. The molecule has 2 heterocycles. The second-order valence-corrected chi connectivity index (χ2v) is 6.91. The van der Waals surface area contributed by atoms with Gasteiger partial charge in [0.05, 0.1) is 12.6 Å². The monoisotopic (exact) mass is 384 g/mol. The molecule has 1 atom stereocenters. The zero-order valence-electron chi connectivity index (χ0n) is 16.5. The van der Waals surface area contributed by atoms with E-state index in [1.165, 1.54) is 11.1 Å². The van der Waals surface area contributed by atoms with Gasteiger partial charge in [-0.1, -0.05) is 67.6 Å². The summed E-state index contributed by atoms with van der Waals surface area (Å²) in [4.78, 5) is 6.58. The summed E-state index contributed by atoms with van der Waals surface area (Å²) in [6.07, 6.45) is 3.65. The van der Waals surface area contributed by atoms with Crippen molar-refractivity contribution in [3.8, 4) is 0 Å². The van der Waals surface area contributed by atoms with Gasteiger partial charge in [-0.3, -0.25) is 9.88 Å². The summed E-state index contributed by atoms with van der Waals surface area (Å²) < 4.78 is 1.90. The number of tetrazole rings is 1. The molecule has 2 aromatic carbocycles. The fourth-order valence-electron chi connectivity index (χ4n) is 3.55. The highest BCUT2D eigenvalue weighted by atomic mass is 15.5. The van der Waals surface area contributed by atoms with Crippen molar-refractivity contribution in [2.24, 2.45) is 0 Å². The predicted molar refractivity (Wildman–Crippen MR) is 112 cm³/mol. The number of hydrogen-bond acceptors (Lipinski definition) is 5. The SMILES string of the molecule is CCN(Cc1ccccc1)[C@@H](c1ccncc1)c1nnnn1Cc1ccccc1. The summed E-state index contributed by atoms with van der Waals surface area (Å²) in [6.45, 7) is 4.47. The Hall–Kier alpha value is -3.38. The highest BCUT2D eigenvalue weighted by Gasteiger charge is 2.27. The van der Waals surface area contributed by atoms with Gasteiger partial charge in [-0.05, 0) is 45.8 Å². The molecule has 0 aliphatic rings. The zero-order valence-corrected chi connectivity index (χ0v) is 16.5. The summed E-state index contributed by atoms with van der Waals surface area (Å²) in [5.41, 5.74) is 3.55. The Morgan fingerprint density at radius 3 is 2.17 bits per heavy atom. The minimum absolute atomic E-state index is 0.0677. The molecular formula is C23H24N6. The molecule has 0 aliphatic carbocycles. The Labute approximate surface area is 170 Å². The summed E-state index contributed by atoms with van der Waals surface area (Å²) in [7, 11) is 0. The van der Waals surface area contributed by atoms with E-state index in [-0.39, 0.29) is 6.04 Å². The van der Waals surface area contributed by atoms with E-state index in [0.29, 0.717) is 6.54 Å². The second-order valence-electron chi connectivity index (χ2n) is 6.91. The molecule has 146 valence electrons. The molecular weight excluding hydrogens is 360 g/mol. The van der Waals surface area contributed by atoms with Crippen LogP contribution < -0.4 is 0 Å². The standard InChI is InChI=1S/C23H24N6/c1-2-28(17-19-9-5-3-6-10-19)22(21-13-15-24-16-14-21)23-25-26-27-29(23)18-20-11-7-4-8-12-20/h3-16,22H,2,17-18H2,1H3/t22-/m0/s1. The highest BCUT2D eigenvalue weighted by Crippen LogP contribution is 2.28. The van der Waals surface area contributed by atoms with E-state index in [1.54, 1.807) is 0 Å².